The van der Waals surface area contributed by atoms with Crippen molar-refractivity contribution in [2.75, 3.05) is 21.3 Å². The average Bonchev–Trinajstić information content (AvgIpc) is 3.11. The molecule has 0 radical (unpaired) electrons. The van der Waals surface area contributed by atoms with Crippen molar-refractivity contribution >= 4 is 34.8 Å². The number of nitrogens with one attached hydrogen (secondary N) is 1. The fourth-order valence-corrected chi connectivity index (χ4v) is 5.51. The number of rotatable bonds is 5. The van der Waals surface area contributed by atoms with Crippen molar-refractivity contribution in [1.29, 1.82) is 0 Å². The molecule has 1 heterocycles. The summed E-state index contributed by atoms with van der Waals surface area (Å²) in [5.41, 5.74) is 5.73. The molecule has 0 amide bonds. The van der Waals surface area contributed by atoms with Gasteiger partial charge in [0.2, 0.25) is 11.4 Å². The summed E-state index contributed by atoms with van der Waals surface area (Å²) >= 11 is 12.5. The quantitative estimate of drug-likeness (QED) is 0.611. The maximum Gasteiger partial charge on any atom is 0.232 e. The average molecular weight is 493 g/mol. The standard InChI is InChI=1S/C24H26Cl2N2O5/c1-11-9-14(27)17(20(28-2)12-5-7-13(25)8-6-12)22(29)24(11)23(30)18-15(31-3)10-16(32-4)19(26)21(18)33-24/h5-8,10-11,14,17,20,28H,9,27H2,1-4H3/t11-,14?,17?,20?,24+/m1/s1. The third-order valence-corrected chi connectivity index (χ3v) is 7.38. The van der Waals surface area contributed by atoms with E-state index in [-0.39, 0.29) is 33.6 Å². The zero-order chi connectivity index (χ0) is 24.1. The Morgan fingerprint density at radius 2 is 1.79 bits per heavy atom. The van der Waals surface area contributed by atoms with Crippen LogP contribution in [-0.4, -0.2) is 44.5 Å². The maximum atomic E-state index is 14.1. The lowest BCUT2D eigenvalue weighted by Gasteiger charge is -2.45. The van der Waals surface area contributed by atoms with Gasteiger partial charge >= 0.3 is 0 Å². The van der Waals surface area contributed by atoms with E-state index in [0.29, 0.717) is 11.4 Å². The Bertz CT molecular complexity index is 1110. The summed E-state index contributed by atoms with van der Waals surface area (Å²) in [6.45, 7) is 1.80. The van der Waals surface area contributed by atoms with Gasteiger partial charge in [0, 0.05) is 29.1 Å². The molecule has 9 heteroatoms. The second kappa shape index (κ2) is 8.80. The monoisotopic (exact) mass is 492 g/mol. The van der Waals surface area contributed by atoms with E-state index in [1.54, 1.807) is 26.1 Å². The molecule has 2 aromatic rings. The van der Waals surface area contributed by atoms with Crippen molar-refractivity contribution in [2.24, 2.45) is 17.6 Å². The predicted molar refractivity (Wildman–Crippen MR) is 126 cm³/mol. The van der Waals surface area contributed by atoms with E-state index in [1.807, 2.05) is 12.1 Å². The van der Waals surface area contributed by atoms with E-state index in [4.69, 9.17) is 43.1 Å². The number of hydrogen-bond donors (Lipinski definition) is 2. The minimum Gasteiger partial charge on any atom is -0.496 e. The first-order valence-electron chi connectivity index (χ1n) is 10.6. The Kier molecular flexibility index (Phi) is 6.35. The van der Waals surface area contributed by atoms with Gasteiger partial charge in [0.25, 0.3) is 0 Å². The lowest BCUT2D eigenvalue weighted by molar-refractivity contribution is -0.144. The van der Waals surface area contributed by atoms with E-state index >= 15 is 0 Å². The molecular weight excluding hydrogens is 467 g/mol. The first-order chi connectivity index (χ1) is 15.7. The molecule has 3 unspecified atom stereocenters. The van der Waals surface area contributed by atoms with Crippen molar-refractivity contribution in [3.8, 4) is 17.2 Å². The van der Waals surface area contributed by atoms with Gasteiger partial charge in [-0.1, -0.05) is 42.3 Å². The SMILES string of the molecule is CNC(c1ccc(Cl)cc1)C1C(=O)[C@@]2(Oc3c(Cl)c(OC)cc(OC)c3C2=O)[C@H](C)CC1N. The molecule has 2 aromatic carbocycles. The topological polar surface area (TPSA) is 99.9 Å². The summed E-state index contributed by atoms with van der Waals surface area (Å²) in [7, 11) is 4.64. The van der Waals surface area contributed by atoms with Gasteiger partial charge in [-0.3, -0.25) is 9.59 Å². The van der Waals surface area contributed by atoms with Crippen LogP contribution in [0.15, 0.2) is 30.3 Å². The van der Waals surface area contributed by atoms with Crippen molar-refractivity contribution in [3.63, 3.8) is 0 Å². The number of hydrogen-bond acceptors (Lipinski definition) is 7. The van der Waals surface area contributed by atoms with Crippen LogP contribution < -0.4 is 25.3 Å². The summed E-state index contributed by atoms with van der Waals surface area (Å²) < 4.78 is 17.0. The number of benzene rings is 2. The van der Waals surface area contributed by atoms with Crippen molar-refractivity contribution in [2.45, 2.75) is 31.0 Å². The van der Waals surface area contributed by atoms with E-state index in [2.05, 4.69) is 5.32 Å². The molecule has 0 aromatic heterocycles. The largest absolute Gasteiger partial charge is 0.496 e. The number of carbonyl (C=O) groups is 2. The molecule has 176 valence electrons. The van der Waals surface area contributed by atoms with Crippen molar-refractivity contribution in [1.82, 2.24) is 5.32 Å². The number of ketones is 2. The number of carbonyl (C=O) groups excluding carboxylic acids is 2. The molecule has 1 aliphatic heterocycles. The van der Waals surface area contributed by atoms with E-state index in [9.17, 15) is 9.59 Å². The summed E-state index contributed by atoms with van der Waals surface area (Å²) in [6.07, 6.45) is 0.402. The Hall–Kier alpha value is -2.32. The number of fused-ring (bicyclic) bond motifs is 1. The van der Waals surface area contributed by atoms with Crippen LogP contribution in [0.2, 0.25) is 10.0 Å². The summed E-state index contributed by atoms with van der Waals surface area (Å²) in [5, 5.41) is 3.90. The van der Waals surface area contributed by atoms with Crippen LogP contribution >= 0.6 is 23.2 Å². The molecule has 33 heavy (non-hydrogen) atoms. The maximum absolute atomic E-state index is 14.1. The van der Waals surface area contributed by atoms with Gasteiger partial charge in [0.05, 0.1) is 20.1 Å². The lowest BCUT2D eigenvalue weighted by atomic mass is 9.63. The van der Waals surface area contributed by atoms with Crippen LogP contribution in [0.1, 0.15) is 35.3 Å². The molecule has 2 aliphatic rings. The second-order valence-electron chi connectivity index (χ2n) is 8.47. The molecule has 0 saturated heterocycles. The number of methoxy groups -OCH3 is 2. The van der Waals surface area contributed by atoms with Gasteiger partial charge in [0.15, 0.2) is 11.5 Å². The molecule has 7 nitrogen and oxygen atoms in total. The highest BCUT2D eigenvalue weighted by molar-refractivity contribution is 6.36. The third-order valence-electron chi connectivity index (χ3n) is 6.77. The molecule has 3 N–H and O–H groups in total. The highest BCUT2D eigenvalue weighted by Crippen LogP contribution is 2.54. The van der Waals surface area contributed by atoms with Crippen LogP contribution in [0.4, 0.5) is 0 Å². The number of halogens is 2. The summed E-state index contributed by atoms with van der Waals surface area (Å²) in [4.78, 5) is 28.0. The molecule has 5 atom stereocenters. The molecule has 0 bridgehead atoms. The van der Waals surface area contributed by atoms with Gasteiger partial charge in [-0.05, 0) is 31.2 Å². The first-order valence-corrected chi connectivity index (χ1v) is 11.4. The van der Waals surface area contributed by atoms with Gasteiger partial charge < -0.3 is 25.3 Å². The Morgan fingerprint density at radius 3 is 2.36 bits per heavy atom. The normalized spacial score (nSPS) is 27.3. The fourth-order valence-electron chi connectivity index (χ4n) is 5.12. The first kappa shape index (κ1) is 23.8. The smallest absolute Gasteiger partial charge is 0.232 e. The number of ether oxygens (including phenoxy) is 3. The fraction of sp³-hybridized carbons (Fsp3) is 0.417. The molecule has 1 spiro atoms. The Balaban J connectivity index is 1.83. The number of Topliss-reactive ketones (excluding diaryl/α,β-unsaturated/α-hetero) is 2. The molecule has 1 aliphatic carbocycles. The molecule has 4 rings (SSSR count). The third kappa shape index (κ3) is 3.49. The van der Waals surface area contributed by atoms with E-state index in [0.717, 1.165) is 5.56 Å². The second-order valence-corrected chi connectivity index (χ2v) is 9.29. The van der Waals surface area contributed by atoms with Crippen LogP contribution in [0, 0.1) is 11.8 Å². The van der Waals surface area contributed by atoms with Crippen LogP contribution in [0.3, 0.4) is 0 Å². The zero-order valence-corrected chi connectivity index (χ0v) is 20.3. The molecular formula is C24H26Cl2N2O5. The summed E-state index contributed by atoms with van der Waals surface area (Å²) in [5.74, 6) is -1.44. The van der Waals surface area contributed by atoms with Crippen LogP contribution in [-0.2, 0) is 4.79 Å². The van der Waals surface area contributed by atoms with Gasteiger partial charge in [0.1, 0.15) is 22.1 Å². The molecule has 1 fully saturated rings. The lowest BCUT2D eigenvalue weighted by Crippen LogP contribution is -2.65. The highest BCUT2D eigenvalue weighted by Gasteiger charge is 2.64. The van der Waals surface area contributed by atoms with Crippen LogP contribution in [0.5, 0.6) is 17.2 Å². The Morgan fingerprint density at radius 1 is 1.15 bits per heavy atom. The van der Waals surface area contributed by atoms with Crippen LogP contribution in [0.25, 0.3) is 0 Å². The Labute approximate surface area is 202 Å². The van der Waals surface area contributed by atoms with Crippen molar-refractivity contribution in [3.05, 3.63) is 51.5 Å². The minimum atomic E-state index is -1.76. The zero-order valence-electron chi connectivity index (χ0n) is 18.8. The van der Waals surface area contributed by atoms with E-state index < -0.39 is 35.3 Å². The highest BCUT2D eigenvalue weighted by atomic mass is 35.5. The number of nitrogens with two attached hydrogens (primary N) is 1. The van der Waals surface area contributed by atoms with E-state index in [1.165, 1.54) is 20.3 Å². The predicted octanol–water partition coefficient (Wildman–Crippen LogP) is 3.84. The van der Waals surface area contributed by atoms with Gasteiger partial charge in [-0.15, -0.1) is 0 Å². The minimum absolute atomic E-state index is 0.0970. The molecule has 1 saturated carbocycles. The summed E-state index contributed by atoms with van der Waals surface area (Å²) in [6, 6.07) is 7.77. The van der Waals surface area contributed by atoms with Crippen molar-refractivity contribution < 1.29 is 23.8 Å². The van der Waals surface area contributed by atoms with Gasteiger partial charge in [-0.25, -0.2) is 0 Å². The van der Waals surface area contributed by atoms with Gasteiger partial charge in [-0.2, -0.15) is 0 Å².